The standard InChI is InChI=1S/C17H34N4O/c1-3-5-9-13-19-17(18-4-2)20-14-12-16(22)21-15-10-7-6-8-11-15/h15H,3-14H2,1-2H3,(H,21,22)(H2,18,19,20). The highest BCUT2D eigenvalue weighted by molar-refractivity contribution is 5.81. The first-order chi connectivity index (χ1) is 10.8. The van der Waals surface area contributed by atoms with E-state index in [0.717, 1.165) is 38.3 Å². The molecule has 0 saturated heterocycles. The largest absolute Gasteiger partial charge is 0.357 e. The molecule has 0 bridgehead atoms. The molecule has 5 heteroatoms. The first-order valence-electron chi connectivity index (χ1n) is 9.07. The molecule has 1 aliphatic carbocycles. The number of amides is 1. The molecule has 0 aromatic carbocycles. The maximum absolute atomic E-state index is 11.9. The number of nitrogens with zero attached hydrogens (tertiary/aromatic N) is 1. The molecule has 1 amide bonds. The van der Waals surface area contributed by atoms with Gasteiger partial charge in [0.15, 0.2) is 5.96 Å². The van der Waals surface area contributed by atoms with Crippen LogP contribution in [0.2, 0.25) is 0 Å². The van der Waals surface area contributed by atoms with Crippen LogP contribution in [0.4, 0.5) is 0 Å². The summed E-state index contributed by atoms with van der Waals surface area (Å²) in [5, 5.41) is 9.61. The summed E-state index contributed by atoms with van der Waals surface area (Å²) in [4.78, 5) is 16.5. The first kappa shape index (κ1) is 18.8. The van der Waals surface area contributed by atoms with E-state index in [-0.39, 0.29) is 5.91 Å². The van der Waals surface area contributed by atoms with Crippen molar-refractivity contribution in [2.45, 2.75) is 77.7 Å². The molecule has 0 aliphatic heterocycles. The summed E-state index contributed by atoms with van der Waals surface area (Å²) in [6.45, 7) is 6.57. The first-order valence-corrected chi connectivity index (χ1v) is 9.07. The molecule has 1 aliphatic rings. The molecule has 0 unspecified atom stereocenters. The van der Waals surface area contributed by atoms with Gasteiger partial charge >= 0.3 is 0 Å². The molecular formula is C17H34N4O. The maximum atomic E-state index is 11.9. The Morgan fingerprint density at radius 3 is 2.55 bits per heavy atom. The van der Waals surface area contributed by atoms with Crippen LogP contribution >= 0.6 is 0 Å². The number of hydrogen-bond acceptors (Lipinski definition) is 2. The predicted molar refractivity (Wildman–Crippen MR) is 93.1 cm³/mol. The normalized spacial score (nSPS) is 16.4. The predicted octanol–water partition coefficient (Wildman–Crippen LogP) is 2.57. The van der Waals surface area contributed by atoms with E-state index in [4.69, 9.17) is 0 Å². The van der Waals surface area contributed by atoms with Crippen LogP contribution in [0.3, 0.4) is 0 Å². The summed E-state index contributed by atoms with van der Waals surface area (Å²) < 4.78 is 0. The average Bonchev–Trinajstić information content (AvgIpc) is 2.52. The highest BCUT2D eigenvalue weighted by Crippen LogP contribution is 2.17. The molecule has 0 spiro atoms. The highest BCUT2D eigenvalue weighted by atomic mass is 16.1. The lowest BCUT2D eigenvalue weighted by Gasteiger charge is -2.22. The van der Waals surface area contributed by atoms with E-state index in [1.54, 1.807) is 0 Å². The second kappa shape index (κ2) is 12.3. The molecular weight excluding hydrogens is 276 g/mol. The number of hydrogen-bond donors (Lipinski definition) is 3. The van der Waals surface area contributed by atoms with Gasteiger partial charge in [0, 0.05) is 32.1 Å². The van der Waals surface area contributed by atoms with Crippen molar-refractivity contribution in [3.63, 3.8) is 0 Å². The molecule has 0 aromatic rings. The van der Waals surface area contributed by atoms with Crippen molar-refractivity contribution >= 4 is 11.9 Å². The third-order valence-electron chi connectivity index (χ3n) is 3.99. The third kappa shape index (κ3) is 8.90. The summed E-state index contributed by atoms with van der Waals surface area (Å²) in [6, 6.07) is 0.400. The van der Waals surface area contributed by atoms with Gasteiger partial charge in [0.05, 0.1) is 0 Å². The van der Waals surface area contributed by atoms with Crippen LogP contribution in [0.15, 0.2) is 4.99 Å². The van der Waals surface area contributed by atoms with Gasteiger partial charge < -0.3 is 16.0 Å². The Labute approximate surface area is 135 Å². The van der Waals surface area contributed by atoms with Crippen LogP contribution < -0.4 is 16.0 Å². The number of nitrogens with one attached hydrogen (secondary N) is 3. The van der Waals surface area contributed by atoms with E-state index in [0.29, 0.717) is 19.0 Å². The lowest BCUT2D eigenvalue weighted by atomic mass is 9.95. The Bertz CT molecular complexity index is 325. The molecule has 0 atom stereocenters. The van der Waals surface area contributed by atoms with E-state index < -0.39 is 0 Å². The zero-order valence-electron chi connectivity index (χ0n) is 14.4. The van der Waals surface area contributed by atoms with Crippen molar-refractivity contribution in [3.8, 4) is 0 Å². The molecule has 1 fully saturated rings. The Morgan fingerprint density at radius 1 is 1.09 bits per heavy atom. The topological polar surface area (TPSA) is 65.5 Å². The highest BCUT2D eigenvalue weighted by Gasteiger charge is 2.15. The Hall–Kier alpha value is -1.26. The van der Waals surface area contributed by atoms with Crippen LogP contribution in [-0.2, 0) is 4.79 Å². The van der Waals surface area contributed by atoms with Crippen LogP contribution in [0, 0.1) is 0 Å². The zero-order valence-corrected chi connectivity index (χ0v) is 14.4. The molecule has 3 N–H and O–H groups in total. The summed E-state index contributed by atoms with van der Waals surface area (Å²) >= 11 is 0. The van der Waals surface area contributed by atoms with E-state index in [1.165, 1.54) is 32.1 Å². The molecule has 1 saturated carbocycles. The number of unbranched alkanes of at least 4 members (excludes halogenated alkanes) is 2. The average molecular weight is 310 g/mol. The fraction of sp³-hybridized carbons (Fsp3) is 0.882. The minimum absolute atomic E-state index is 0.154. The second-order valence-electron chi connectivity index (χ2n) is 6.05. The van der Waals surface area contributed by atoms with Gasteiger partial charge in [-0.05, 0) is 26.2 Å². The summed E-state index contributed by atoms with van der Waals surface area (Å²) in [5.74, 6) is 0.977. The minimum atomic E-state index is 0.154. The van der Waals surface area contributed by atoms with Crippen LogP contribution in [0.5, 0.6) is 0 Å². The maximum Gasteiger partial charge on any atom is 0.221 e. The van der Waals surface area contributed by atoms with Crippen molar-refractivity contribution in [1.29, 1.82) is 0 Å². The number of rotatable bonds is 9. The smallest absolute Gasteiger partial charge is 0.221 e. The van der Waals surface area contributed by atoms with Gasteiger partial charge in [-0.3, -0.25) is 9.79 Å². The zero-order chi connectivity index (χ0) is 16.0. The Kier molecular flexibility index (Phi) is 10.5. The Morgan fingerprint density at radius 2 is 1.86 bits per heavy atom. The van der Waals surface area contributed by atoms with E-state index >= 15 is 0 Å². The SMILES string of the molecule is CCCCCN=C(NCC)NCCC(=O)NC1CCCCC1. The fourth-order valence-corrected chi connectivity index (χ4v) is 2.74. The van der Waals surface area contributed by atoms with Crippen LogP contribution in [0.1, 0.15) is 71.6 Å². The number of carbonyl (C=O) groups excluding carboxylic acids is 1. The van der Waals surface area contributed by atoms with Gasteiger partial charge in [-0.1, -0.05) is 39.0 Å². The van der Waals surface area contributed by atoms with Gasteiger partial charge in [0.1, 0.15) is 0 Å². The van der Waals surface area contributed by atoms with Crippen molar-refractivity contribution in [1.82, 2.24) is 16.0 Å². The van der Waals surface area contributed by atoms with Crippen molar-refractivity contribution in [3.05, 3.63) is 0 Å². The van der Waals surface area contributed by atoms with E-state index in [2.05, 4.69) is 34.8 Å². The third-order valence-corrected chi connectivity index (χ3v) is 3.99. The van der Waals surface area contributed by atoms with Crippen LogP contribution in [-0.4, -0.2) is 37.5 Å². The van der Waals surface area contributed by atoms with Crippen LogP contribution in [0.25, 0.3) is 0 Å². The number of carbonyl (C=O) groups is 1. The van der Waals surface area contributed by atoms with E-state index in [1.807, 2.05) is 0 Å². The minimum Gasteiger partial charge on any atom is -0.357 e. The van der Waals surface area contributed by atoms with Gasteiger partial charge in [0.25, 0.3) is 0 Å². The molecule has 22 heavy (non-hydrogen) atoms. The summed E-state index contributed by atoms with van der Waals surface area (Å²) in [5.41, 5.74) is 0. The quantitative estimate of drug-likeness (QED) is 0.348. The van der Waals surface area contributed by atoms with Gasteiger partial charge in [0.2, 0.25) is 5.91 Å². The van der Waals surface area contributed by atoms with Gasteiger partial charge in [-0.15, -0.1) is 0 Å². The molecule has 0 aromatic heterocycles. The summed E-state index contributed by atoms with van der Waals surface area (Å²) in [7, 11) is 0. The van der Waals surface area contributed by atoms with Crippen molar-refractivity contribution < 1.29 is 4.79 Å². The van der Waals surface area contributed by atoms with Gasteiger partial charge in [-0.25, -0.2) is 0 Å². The summed E-state index contributed by atoms with van der Waals surface area (Å²) in [6.07, 6.45) is 10.1. The second-order valence-corrected chi connectivity index (χ2v) is 6.05. The molecule has 0 radical (unpaired) electrons. The lowest BCUT2D eigenvalue weighted by molar-refractivity contribution is -0.121. The molecule has 1 rings (SSSR count). The molecule has 128 valence electrons. The van der Waals surface area contributed by atoms with E-state index in [9.17, 15) is 4.79 Å². The molecule has 5 nitrogen and oxygen atoms in total. The Balaban J connectivity index is 2.18. The van der Waals surface area contributed by atoms with Crippen molar-refractivity contribution in [2.75, 3.05) is 19.6 Å². The van der Waals surface area contributed by atoms with Gasteiger partial charge in [-0.2, -0.15) is 0 Å². The number of aliphatic imine (C=N–C) groups is 1. The number of guanidine groups is 1. The fourth-order valence-electron chi connectivity index (χ4n) is 2.74. The molecule has 0 heterocycles. The lowest BCUT2D eigenvalue weighted by Crippen LogP contribution is -2.41. The monoisotopic (exact) mass is 310 g/mol. The van der Waals surface area contributed by atoms with Crippen molar-refractivity contribution in [2.24, 2.45) is 4.99 Å².